The Morgan fingerprint density at radius 1 is 1.10 bits per heavy atom. The molecule has 0 bridgehead atoms. The van der Waals surface area contributed by atoms with Gasteiger partial charge in [-0.3, -0.25) is 0 Å². The summed E-state index contributed by atoms with van der Waals surface area (Å²) >= 11 is 5.90. The SMILES string of the molecule is Cc1ccc(CC2CC(c3ccc(Cl)cc3)=NO2)cc1. The third-order valence-corrected chi connectivity index (χ3v) is 3.75. The number of aryl methyl sites for hydroxylation is 1. The van der Waals surface area contributed by atoms with Crippen molar-refractivity contribution in [2.24, 2.45) is 5.16 Å². The van der Waals surface area contributed by atoms with Gasteiger partial charge in [0.25, 0.3) is 0 Å². The number of nitrogens with zero attached hydrogens (tertiary/aromatic N) is 1. The summed E-state index contributed by atoms with van der Waals surface area (Å²) in [5, 5.41) is 4.94. The molecule has 0 aromatic heterocycles. The van der Waals surface area contributed by atoms with Crippen LogP contribution in [-0.4, -0.2) is 11.8 Å². The Bertz CT molecular complexity index is 616. The molecule has 3 heteroatoms. The molecule has 1 heterocycles. The van der Waals surface area contributed by atoms with Gasteiger partial charge in [0, 0.05) is 17.9 Å². The van der Waals surface area contributed by atoms with Crippen LogP contribution in [0.15, 0.2) is 53.7 Å². The lowest BCUT2D eigenvalue weighted by molar-refractivity contribution is 0.0859. The average molecular weight is 286 g/mol. The van der Waals surface area contributed by atoms with E-state index in [2.05, 4.69) is 36.3 Å². The number of rotatable bonds is 3. The fourth-order valence-corrected chi connectivity index (χ4v) is 2.46. The molecule has 0 saturated heterocycles. The summed E-state index contributed by atoms with van der Waals surface area (Å²) in [6.07, 6.45) is 1.86. The van der Waals surface area contributed by atoms with Gasteiger partial charge in [-0.2, -0.15) is 0 Å². The predicted molar refractivity (Wildman–Crippen MR) is 82.4 cm³/mol. The summed E-state index contributed by atoms with van der Waals surface area (Å²) in [4.78, 5) is 5.54. The van der Waals surface area contributed by atoms with Crippen molar-refractivity contribution in [1.29, 1.82) is 0 Å². The second-order valence-electron chi connectivity index (χ2n) is 5.17. The first kappa shape index (κ1) is 13.2. The summed E-state index contributed by atoms with van der Waals surface area (Å²) in [5.41, 5.74) is 4.65. The van der Waals surface area contributed by atoms with E-state index in [1.54, 1.807) is 0 Å². The van der Waals surface area contributed by atoms with Crippen molar-refractivity contribution >= 4 is 17.3 Å². The highest BCUT2D eigenvalue weighted by Gasteiger charge is 2.22. The van der Waals surface area contributed by atoms with Crippen LogP contribution in [0.25, 0.3) is 0 Å². The van der Waals surface area contributed by atoms with Crippen LogP contribution in [-0.2, 0) is 11.3 Å². The zero-order chi connectivity index (χ0) is 13.9. The van der Waals surface area contributed by atoms with E-state index in [4.69, 9.17) is 16.4 Å². The quantitative estimate of drug-likeness (QED) is 0.820. The first-order valence-corrected chi connectivity index (χ1v) is 7.13. The van der Waals surface area contributed by atoms with E-state index in [0.29, 0.717) is 0 Å². The molecule has 2 nitrogen and oxygen atoms in total. The molecule has 2 aromatic carbocycles. The summed E-state index contributed by atoms with van der Waals surface area (Å²) in [7, 11) is 0. The maximum absolute atomic E-state index is 5.90. The van der Waals surface area contributed by atoms with Crippen molar-refractivity contribution in [2.45, 2.75) is 25.9 Å². The van der Waals surface area contributed by atoms with E-state index in [9.17, 15) is 0 Å². The molecule has 0 N–H and O–H groups in total. The van der Waals surface area contributed by atoms with Gasteiger partial charge in [-0.15, -0.1) is 0 Å². The van der Waals surface area contributed by atoms with Gasteiger partial charge in [-0.25, -0.2) is 0 Å². The van der Waals surface area contributed by atoms with Crippen molar-refractivity contribution in [3.63, 3.8) is 0 Å². The minimum Gasteiger partial charge on any atom is -0.391 e. The number of benzene rings is 2. The van der Waals surface area contributed by atoms with Gasteiger partial charge in [0.1, 0.15) is 6.10 Å². The second kappa shape index (κ2) is 5.68. The number of hydrogen-bond acceptors (Lipinski definition) is 2. The van der Waals surface area contributed by atoms with Crippen molar-refractivity contribution in [3.8, 4) is 0 Å². The number of oxime groups is 1. The summed E-state index contributed by atoms with van der Waals surface area (Å²) < 4.78 is 0. The average Bonchev–Trinajstić information content (AvgIpc) is 2.91. The van der Waals surface area contributed by atoms with Crippen LogP contribution in [0.5, 0.6) is 0 Å². The summed E-state index contributed by atoms with van der Waals surface area (Å²) in [6.45, 7) is 2.09. The monoisotopic (exact) mass is 285 g/mol. The minimum absolute atomic E-state index is 0.128. The third kappa shape index (κ3) is 3.02. The van der Waals surface area contributed by atoms with Crippen LogP contribution >= 0.6 is 11.6 Å². The molecule has 2 aromatic rings. The van der Waals surface area contributed by atoms with E-state index in [1.165, 1.54) is 11.1 Å². The Morgan fingerprint density at radius 2 is 1.80 bits per heavy atom. The van der Waals surface area contributed by atoms with Gasteiger partial charge < -0.3 is 4.84 Å². The normalized spacial score (nSPS) is 17.7. The van der Waals surface area contributed by atoms with Crippen LogP contribution in [0.3, 0.4) is 0 Å². The highest BCUT2D eigenvalue weighted by molar-refractivity contribution is 6.30. The molecule has 1 aliphatic heterocycles. The zero-order valence-corrected chi connectivity index (χ0v) is 12.1. The molecule has 102 valence electrons. The Labute approximate surface area is 124 Å². The van der Waals surface area contributed by atoms with E-state index in [0.717, 1.165) is 29.1 Å². The largest absolute Gasteiger partial charge is 0.391 e. The van der Waals surface area contributed by atoms with Crippen LogP contribution in [0.2, 0.25) is 5.02 Å². The lowest BCUT2D eigenvalue weighted by atomic mass is 10.00. The van der Waals surface area contributed by atoms with Crippen molar-refractivity contribution < 1.29 is 4.84 Å². The fraction of sp³-hybridized carbons (Fsp3) is 0.235. The van der Waals surface area contributed by atoms with Gasteiger partial charge in [0.2, 0.25) is 0 Å². The maximum Gasteiger partial charge on any atom is 0.137 e. The zero-order valence-electron chi connectivity index (χ0n) is 11.3. The fourth-order valence-electron chi connectivity index (χ4n) is 2.34. The van der Waals surface area contributed by atoms with Crippen LogP contribution in [0.1, 0.15) is 23.1 Å². The summed E-state index contributed by atoms with van der Waals surface area (Å²) in [6, 6.07) is 16.3. The molecule has 0 spiro atoms. The number of halogens is 1. The molecular weight excluding hydrogens is 270 g/mol. The predicted octanol–water partition coefficient (Wildman–Crippen LogP) is 4.38. The van der Waals surface area contributed by atoms with Crippen LogP contribution in [0, 0.1) is 6.92 Å². The molecule has 0 radical (unpaired) electrons. The lowest BCUT2D eigenvalue weighted by Crippen LogP contribution is -2.11. The molecule has 0 saturated carbocycles. The topological polar surface area (TPSA) is 21.6 Å². The minimum atomic E-state index is 0.128. The Kier molecular flexibility index (Phi) is 3.75. The molecular formula is C17H16ClNO. The van der Waals surface area contributed by atoms with Crippen LogP contribution in [0.4, 0.5) is 0 Å². The van der Waals surface area contributed by atoms with Crippen molar-refractivity contribution in [2.75, 3.05) is 0 Å². The van der Waals surface area contributed by atoms with Gasteiger partial charge >= 0.3 is 0 Å². The molecule has 0 aliphatic carbocycles. The standard InChI is InChI=1S/C17H16ClNO/c1-12-2-4-13(5-3-12)10-16-11-17(19-20-16)14-6-8-15(18)9-7-14/h2-9,16H,10-11H2,1H3. The lowest BCUT2D eigenvalue weighted by Gasteiger charge is -2.08. The van der Waals surface area contributed by atoms with E-state index >= 15 is 0 Å². The van der Waals surface area contributed by atoms with E-state index in [1.807, 2.05) is 24.3 Å². The molecule has 1 unspecified atom stereocenters. The Balaban J connectivity index is 1.64. The maximum atomic E-state index is 5.90. The molecule has 20 heavy (non-hydrogen) atoms. The van der Waals surface area contributed by atoms with Gasteiger partial charge in [-0.1, -0.05) is 58.7 Å². The van der Waals surface area contributed by atoms with Crippen molar-refractivity contribution in [3.05, 3.63) is 70.2 Å². The van der Waals surface area contributed by atoms with Crippen molar-refractivity contribution in [1.82, 2.24) is 0 Å². The third-order valence-electron chi connectivity index (χ3n) is 3.49. The molecule has 0 amide bonds. The molecule has 1 atom stereocenters. The molecule has 3 rings (SSSR count). The first-order valence-electron chi connectivity index (χ1n) is 6.75. The van der Waals surface area contributed by atoms with Gasteiger partial charge in [0.15, 0.2) is 0 Å². The molecule has 1 aliphatic rings. The summed E-state index contributed by atoms with van der Waals surface area (Å²) in [5.74, 6) is 0. The first-order chi connectivity index (χ1) is 9.70. The number of hydrogen-bond donors (Lipinski definition) is 0. The van der Waals surface area contributed by atoms with E-state index in [-0.39, 0.29) is 6.10 Å². The van der Waals surface area contributed by atoms with Crippen LogP contribution < -0.4 is 0 Å². The molecule has 0 fully saturated rings. The highest BCUT2D eigenvalue weighted by atomic mass is 35.5. The van der Waals surface area contributed by atoms with Gasteiger partial charge in [-0.05, 0) is 30.2 Å². The Morgan fingerprint density at radius 3 is 2.50 bits per heavy atom. The highest BCUT2D eigenvalue weighted by Crippen LogP contribution is 2.21. The Hall–Kier alpha value is -1.80. The van der Waals surface area contributed by atoms with Gasteiger partial charge in [0.05, 0.1) is 5.71 Å². The van der Waals surface area contributed by atoms with E-state index < -0.39 is 0 Å². The second-order valence-corrected chi connectivity index (χ2v) is 5.60. The smallest absolute Gasteiger partial charge is 0.137 e.